The standard InChI is InChI=1S/C11H17BrN4O.ClH/c1-13-7-11(17)15-4-2-10(3-5-15)16-8-9(12)6-14-16;/h6,8,10,13H,2-5,7H2,1H3;1H. The van der Waals surface area contributed by atoms with Crippen molar-refractivity contribution in [3.8, 4) is 0 Å². The van der Waals surface area contributed by atoms with Crippen LogP contribution in [0.5, 0.6) is 0 Å². The molecule has 1 fully saturated rings. The number of rotatable bonds is 3. The number of carbonyl (C=O) groups excluding carboxylic acids is 1. The Balaban J connectivity index is 0.00000162. The Kier molecular flexibility index (Phi) is 6.11. The molecule has 0 spiro atoms. The van der Waals surface area contributed by atoms with Crippen LogP contribution in [0, 0.1) is 0 Å². The molecule has 7 heteroatoms. The topological polar surface area (TPSA) is 50.2 Å². The lowest BCUT2D eigenvalue weighted by molar-refractivity contribution is -0.131. The van der Waals surface area contributed by atoms with E-state index in [9.17, 15) is 4.79 Å². The summed E-state index contributed by atoms with van der Waals surface area (Å²) >= 11 is 3.40. The Morgan fingerprint density at radius 1 is 1.56 bits per heavy atom. The average Bonchev–Trinajstić information content (AvgIpc) is 2.76. The van der Waals surface area contributed by atoms with Crippen molar-refractivity contribution in [3.63, 3.8) is 0 Å². The maximum Gasteiger partial charge on any atom is 0.236 e. The second kappa shape index (κ2) is 7.11. The minimum absolute atomic E-state index is 0. The van der Waals surface area contributed by atoms with Crippen molar-refractivity contribution in [2.45, 2.75) is 18.9 Å². The highest BCUT2D eigenvalue weighted by Crippen LogP contribution is 2.23. The Labute approximate surface area is 121 Å². The highest BCUT2D eigenvalue weighted by molar-refractivity contribution is 9.10. The van der Waals surface area contributed by atoms with Crippen molar-refractivity contribution in [1.29, 1.82) is 0 Å². The zero-order chi connectivity index (χ0) is 12.3. The van der Waals surface area contributed by atoms with Gasteiger partial charge in [0.2, 0.25) is 5.91 Å². The van der Waals surface area contributed by atoms with E-state index in [-0.39, 0.29) is 18.3 Å². The molecule has 102 valence electrons. The van der Waals surface area contributed by atoms with Crippen LogP contribution < -0.4 is 5.32 Å². The molecule has 1 amide bonds. The van der Waals surface area contributed by atoms with Crippen LogP contribution in [0.15, 0.2) is 16.9 Å². The monoisotopic (exact) mass is 336 g/mol. The summed E-state index contributed by atoms with van der Waals surface area (Å²) in [6.07, 6.45) is 5.75. The number of halogens is 2. The molecule has 1 N–H and O–H groups in total. The first-order chi connectivity index (χ1) is 8.20. The summed E-state index contributed by atoms with van der Waals surface area (Å²) in [5, 5.41) is 7.20. The van der Waals surface area contributed by atoms with Gasteiger partial charge in [-0.05, 0) is 35.8 Å². The van der Waals surface area contributed by atoms with Crippen LogP contribution in [0.2, 0.25) is 0 Å². The van der Waals surface area contributed by atoms with E-state index in [1.165, 1.54) is 0 Å². The van der Waals surface area contributed by atoms with Gasteiger partial charge in [-0.1, -0.05) is 0 Å². The lowest BCUT2D eigenvalue weighted by atomic mass is 10.1. The molecule has 0 atom stereocenters. The summed E-state index contributed by atoms with van der Waals surface area (Å²) in [5.41, 5.74) is 0. The van der Waals surface area contributed by atoms with E-state index in [4.69, 9.17) is 0 Å². The molecule has 0 aromatic carbocycles. The van der Waals surface area contributed by atoms with Gasteiger partial charge < -0.3 is 10.2 Å². The first-order valence-corrected chi connectivity index (χ1v) is 6.62. The van der Waals surface area contributed by atoms with Gasteiger partial charge in [-0.3, -0.25) is 9.48 Å². The lowest BCUT2D eigenvalue weighted by Crippen LogP contribution is -2.42. The van der Waals surface area contributed by atoms with E-state index in [0.29, 0.717) is 12.6 Å². The van der Waals surface area contributed by atoms with Crippen molar-refractivity contribution in [1.82, 2.24) is 20.0 Å². The molecule has 5 nitrogen and oxygen atoms in total. The van der Waals surface area contributed by atoms with Crippen molar-refractivity contribution in [2.24, 2.45) is 0 Å². The lowest BCUT2D eigenvalue weighted by Gasteiger charge is -2.32. The van der Waals surface area contributed by atoms with E-state index in [1.54, 1.807) is 13.2 Å². The number of amides is 1. The SMILES string of the molecule is CNCC(=O)N1CCC(n2cc(Br)cn2)CC1.Cl. The molecule has 1 aromatic heterocycles. The third-order valence-corrected chi connectivity index (χ3v) is 3.50. The fourth-order valence-corrected chi connectivity index (χ4v) is 2.46. The fourth-order valence-electron chi connectivity index (χ4n) is 2.16. The number of nitrogens with one attached hydrogen (secondary N) is 1. The largest absolute Gasteiger partial charge is 0.341 e. The molecule has 2 heterocycles. The molecule has 0 aliphatic carbocycles. The van der Waals surface area contributed by atoms with Gasteiger partial charge >= 0.3 is 0 Å². The van der Waals surface area contributed by atoms with Crippen LogP contribution in [-0.4, -0.2) is 47.3 Å². The molecule has 1 aromatic rings. The Bertz CT molecular complexity index is 390. The third kappa shape index (κ3) is 3.70. The van der Waals surface area contributed by atoms with Crippen molar-refractivity contribution >= 4 is 34.2 Å². The van der Waals surface area contributed by atoms with Crippen molar-refractivity contribution < 1.29 is 4.79 Å². The zero-order valence-electron chi connectivity index (χ0n) is 10.3. The summed E-state index contributed by atoms with van der Waals surface area (Å²) in [4.78, 5) is 13.6. The van der Waals surface area contributed by atoms with Gasteiger partial charge in [-0.15, -0.1) is 12.4 Å². The molecule has 0 unspecified atom stereocenters. The van der Waals surface area contributed by atoms with Crippen LogP contribution in [0.1, 0.15) is 18.9 Å². The van der Waals surface area contributed by atoms with Crippen LogP contribution in [0.4, 0.5) is 0 Å². The molecule has 0 bridgehead atoms. The van der Waals surface area contributed by atoms with E-state index in [2.05, 4.69) is 26.3 Å². The summed E-state index contributed by atoms with van der Waals surface area (Å²) in [6.45, 7) is 2.07. The van der Waals surface area contributed by atoms with Crippen LogP contribution in [0.3, 0.4) is 0 Å². The van der Waals surface area contributed by atoms with Crippen LogP contribution >= 0.6 is 28.3 Å². The number of hydrogen-bond donors (Lipinski definition) is 1. The summed E-state index contributed by atoms with van der Waals surface area (Å²) in [7, 11) is 1.80. The maximum atomic E-state index is 11.7. The number of nitrogens with zero attached hydrogens (tertiary/aromatic N) is 3. The summed E-state index contributed by atoms with van der Waals surface area (Å²) in [6, 6.07) is 0.417. The second-order valence-corrected chi connectivity index (χ2v) is 5.20. The molecular formula is C11H18BrClN4O. The molecule has 1 saturated heterocycles. The Morgan fingerprint density at radius 2 is 2.22 bits per heavy atom. The quantitative estimate of drug-likeness (QED) is 0.908. The number of carbonyl (C=O) groups is 1. The maximum absolute atomic E-state index is 11.7. The first-order valence-electron chi connectivity index (χ1n) is 5.82. The third-order valence-electron chi connectivity index (χ3n) is 3.09. The first kappa shape index (κ1) is 15.5. The van der Waals surface area contributed by atoms with E-state index >= 15 is 0 Å². The minimum atomic E-state index is 0. The molecule has 0 saturated carbocycles. The normalized spacial score (nSPS) is 16.4. The molecule has 1 aliphatic rings. The van der Waals surface area contributed by atoms with Gasteiger partial charge in [0.05, 0.1) is 23.3 Å². The average molecular weight is 338 g/mol. The Morgan fingerprint density at radius 3 is 2.72 bits per heavy atom. The van der Waals surface area contributed by atoms with Crippen LogP contribution in [-0.2, 0) is 4.79 Å². The van der Waals surface area contributed by atoms with Gasteiger partial charge in [-0.25, -0.2) is 0 Å². The van der Waals surface area contributed by atoms with E-state index in [0.717, 1.165) is 30.4 Å². The van der Waals surface area contributed by atoms with Crippen LogP contribution in [0.25, 0.3) is 0 Å². The molecule has 18 heavy (non-hydrogen) atoms. The van der Waals surface area contributed by atoms with E-state index in [1.807, 2.05) is 15.8 Å². The second-order valence-electron chi connectivity index (χ2n) is 4.28. The van der Waals surface area contributed by atoms with Crippen molar-refractivity contribution in [2.75, 3.05) is 26.7 Å². The predicted molar refractivity (Wildman–Crippen MR) is 76.0 cm³/mol. The Hall–Kier alpha value is -0.590. The fraction of sp³-hybridized carbons (Fsp3) is 0.636. The predicted octanol–water partition coefficient (Wildman–Crippen LogP) is 1.45. The zero-order valence-corrected chi connectivity index (χ0v) is 12.7. The van der Waals surface area contributed by atoms with Gasteiger partial charge in [0.25, 0.3) is 0 Å². The molecule has 0 radical (unpaired) electrons. The number of aromatic nitrogens is 2. The molecule has 2 rings (SSSR count). The highest BCUT2D eigenvalue weighted by Gasteiger charge is 2.23. The van der Waals surface area contributed by atoms with Gasteiger partial charge in [0, 0.05) is 19.3 Å². The highest BCUT2D eigenvalue weighted by atomic mass is 79.9. The number of hydrogen-bond acceptors (Lipinski definition) is 3. The number of piperidine rings is 1. The minimum Gasteiger partial charge on any atom is -0.341 e. The summed E-state index contributed by atoms with van der Waals surface area (Å²) < 4.78 is 3.00. The van der Waals surface area contributed by atoms with Gasteiger partial charge in [0.15, 0.2) is 0 Å². The molecular weight excluding hydrogens is 320 g/mol. The number of likely N-dealkylation sites (tertiary alicyclic amines) is 1. The number of likely N-dealkylation sites (N-methyl/N-ethyl adjacent to an activating group) is 1. The smallest absolute Gasteiger partial charge is 0.236 e. The molecule has 1 aliphatic heterocycles. The van der Waals surface area contributed by atoms with Gasteiger partial charge in [-0.2, -0.15) is 5.10 Å². The summed E-state index contributed by atoms with van der Waals surface area (Å²) in [5.74, 6) is 0.188. The van der Waals surface area contributed by atoms with Gasteiger partial charge in [0.1, 0.15) is 0 Å². The van der Waals surface area contributed by atoms with Crippen molar-refractivity contribution in [3.05, 3.63) is 16.9 Å². The van der Waals surface area contributed by atoms with E-state index < -0.39 is 0 Å².